The topological polar surface area (TPSA) is 86.1 Å². The molecule has 0 fully saturated rings. The van der Waals surface area contributed by atoms with Gasteiger partial charge in [0.1, 0.15) is 11.6 Å². The average molecular weight is 455 g/mol. The van der Waals surface area contributed by atoms with E-state index in [1.165, 1.54) is 30.0 Å². The number of benzene rings is 2. The van der Waals surface area contributed by atoms with Crippen LogP contribution in [0.2, 0.25) is 0 Å². The first-order chi connectivity index (χ1) is 15.4. The summed E-state index contributed by atoms with van der Waals surface area (Å²) in [5.41, 5.74) is 0.491. The van der Waals surface area contributed by atoms with Crippen molar-refractivity contribution in [3.05, 3.63) is 84.0 Å². The van der Waals surface area contributed by atoms with Gasteiger partial charge in [0.25, 0.3) is 5.91 Å². The molecule has 0 bridgehead atoms. The second kappa shape index (κ2) is 10.7. The molecular weight excluding hydrogens is 431 g/mol. The van der Waals surface area contributed by atoms with Gasteiger partial charge in [0, 0.05) is 12.1 Å². The van der Waals surface area contributed by atoms with Crippen molar-refractivity contribution in [1.82, 2.24) is 20.1 Å². The number of carbonyl (C=O) groups excluding carboxylic acids is 2. The van der Waals surface area contributed by atoms with Gasteiger partial charge in [-0.15, -0.1) is 16.8 Å². The highest BCUT2D eigenvalue weighted by Crippen LogP contribution is 2.23. The molecule has 0 saturated carbocycles. The molecule has 1 atom stereocenters. The minimum absolute atomic E-state index is 0.0485. The number of Topliss-reactive ketones (excluding diaryl/α,β-unsaturated/α-hetero) is 1. The van der Waals surface area contributed by atoms with Crippen LogP contribution in [0.15, 0.2) is 66.3 Å². The molecule has 0 spiro atoms. The third-order valence-corrected chi connectivity index (χ3v) is 5.60. The van der Waals surface area contributed by atoms with E-state index in [1.54, 1.807) is 55.0 Å². The molecule has 1 aromatic heterocycles. The van der Waals surface area contributed by atoms with Crippen LogP contribution in [0.5, 0.6) is 5.75 Å². The second-order valence-corrected chi connectivity index (χ2v) is 7.80. The Kier molecular flexibility index (Phi) is 7.77. The van der Waals surface area contributed by atoms with E-state index in [2.05, 4.69) is 22.1 Å². The molecule has 0 aliphatic rings. The van der Waals surface area contributed by atoms with Gasteiger partial charge in [-0.1, -0.05) is 42.1 Å². The third-order valence-electron chi connectivity index (χ3n) is 4.63. The van der Waals surface area contributed by atoms with Gasteiger partial charge in [-0.05, 0) is 31.2 Å². The van der Waals surface area contributed by atoms with Gasteiger partial charge in [-0.2, -0.15) is 0 Å². The number of methoxy groups -OCH3 is 1. The van der Waals surface area contributed by atoms with Gasteiger partial charge in [0.15, 0.2) is 16.8 Å². The molecule has 166 valence electrons. The lowest BCUT2D eigenvalue weighted by molar-refractivity contribution is 0.0932. The number of ketones is 1. The highest BCUT2D eigenvalue weighted by molar-refractivity contribution is 7.99. The Balaban J connectivity index is 1.73. The maximum absolute atomic E-state index is 13.9. The van der Waals surface area contributed by atoms with E-state index >= 15 is 0 Å². The first-order valence-corrected chi connectivity index (χ1v) is 10.8. The molecule has 3 rings (SSSR count). The van der Waals surface area contributed by atoms with Crippen LogP contribution >= 0.6 is 11.8 Å². The number of thioether (sulfide) groups is 1. The second-order valence-electron chi connectivity index (χ2n) is 6.86. The lowest BCUT2D eigenvalue weighted by Gasteiger charge is -2.15. The summed E-state index contributed by atoms with van der Waals surface area (Å²) in [6.07, 6.45) is 1.67. The van der Waals surface area contributed by atoms with Gasteiger partial charge >= 0.3 is 0 Å². The number of amides is 1. The largest absolute Gasteiger partial charge is 0.497 e. The van der Waals surface area contributed by atoms with Crippen molar-refractivity contribution in [1.29, 1.82) is 0 Å². The van der Waals surface area contributed by atoms with Gasteiger partial charge < -0.3 is 14.6 Å². The van der Waals surface area contributed by atoms with E-state index < -0.39 is 17.8 Å². The lowest BCUT2D eigenvalue weighted by Crippen LogP contribution is -2.29. The number of halogens is 1. The van der Waals surface area contributed by atoms with E-state index in [0.717, 1.165) is 0 Å². The number of carbonyl (C=O) groups is 2. The van der Waals surface area contributed by atoms with Crippen molar-refractivity contribution in [3.8, 4) is 5.75 Å². The SMILES string of the molecule is C=CCn1c(SCC(=O)c2cccc(OC)c2)nnc1C(C)NC(=O)c1ccccc1F. The summed E-state index contributed by atoms with van der Waals surface area (Å²) in [5.74, 6) is 0.00863. The highest BCUT2D eigenvalue weighted by atomic mass is 32.2. The summed E-state index contributed by atoms with van der Waals surface area (Å²) in [7, 11) is 1.55. The van der Waals surface area contributed by atoms with Crippen molar-refractivity contribution < 1.29 is 18.7 Å². The maximum atomic E-state index is 13.9. The molecule has 1 N–H and O–H groups in total. The Hall–Kier alpha value is -3.46. The Morgan fingerprint density at radius 3 is 2.75 bits per heavy atom. The molecule has 1 heterocycles. The minimum atomic E-state index is -0.600. The summed E-state index contributed by atoms with van der Waals surface area (Å²) in [5, 5.41) is 11.6. The molecule has 32 heavy (non-hydrogen) atoms. The fraction of sp³-hybridized carbons (Fsp3) is 0.217. The molecule has 9 heteroatoms. The highest BCUT2D eigenvalue weighted by Gasteiger charge is 2.21. The average Bonchev–Trinajstić information content (AvgIpc) is 3.20. The van der Waals surface area contributed by atoms with Crippen LogP contribution in [-0.4, -0.2) is 39.3 Å². The van der Waals surface area contributed by atoms with E-state index in [1.807, 2.05) is 0 Å². The molecule has 2 aromatic carbocycles. The molecule has 0 radical (unpaired) electrons. The maximum Gasteiger partial charge on any atom is 0.254 e. The van der Waals surface area contributed by atoms with E-state index in [4.69, 9.17) is 4.74 Å². The molecule has 7 nitrogen and oxygen atoms in total. The zero-order valence-corrected chi connectivity index (χ0v) is 18.6. The van der Waals surface area contributed by atoms with Crippen molar-refractivity contribution in [2.24, 2.45) is 0 Å². The van der Waals surface area contributed by atoms with Crippen molar-refractivity contribution in [3.63, 3.8) is 0 Å². The van der Waals surface area contributed by atoms with Crippen molar-refractivity contribution >= 4 is 23.5 Å². The molecule has 1 amide bonds. The number of ether oxygens (including phenoxy) is 1. The summed E-state index contributed by atoms with van der Waals surface area (Å²) >= 11 is 1.24. The molecular formula is C23H23FN4O3S. The summed E-state index contributed by atoms with van der Waals surface area (Å²) in [6, 6.07) is 12.2. The normalized spacial score (nSPS) is 11.6. The Morgan fingerprint density at radius 2 is 2.03 bits per heavy atom. The van der Waals surface area contributed by atoms with Gasteiger partial charge in [0.05, 0.1) is 24.5 Å². The monoisotopic (exact) mass is 454 g/mol. The standard InChI is InChI=1S/C23H23FN4O3S/c1-4-12-28-21(15(2)25-22(30)18-10-5-6-11-19(18)24)26-27-23(28)32-14-20(29)16-8-7-9-17(13-16)31-3/h4-11,13,15H,1,12,14H2,2-3H3,(H,25,30). The quantitative estimate of drug-likeness (QED) is 0.282. The zero-order valence-electron chi connectivity index (χ0n) is 17.7. The number of rotatable bonds is 10. The first-order valence-electron chi connectivity index (χ1n) is 9.84. The molecule has 0 saturated heterocycles. The number of aromatic nitrogens is 3. The third kappa shape index (κ3) is 5.42. The smallest absolute Gasteiger partial charge is 0.254 e. The summed E-state index contributed by atoms with van der Waals surface area (Å²) < 4.78 is 20.8. The van der Waals surface area contributed by atoms with Crippen LogP contribution in [0.3, 0.4) is 0 Å². The van der Waals surface area contributed by atoms with Gasteiger partial charge in [-0.3, -0.25) is 9.59 Å². The van der Waals surface area contributed by atoms with Gasteiger partial charge in [0.2, 0.25) is 0 Å². The van der Waals surface area contributed by atoms with Crippen LogP contribution < -0.4 is 10.1 Å². The first kappa shape index (κ1) is 23.2. The molecule has 0 aliphatic carbocycles. The molecule has 3 aromatic rings. The number of hydrogen-bond donors (Lipinski definition) is 1. The molecule has 1 unspecified atom stereocenters. The van der Waals surface area contributed by atoms with Gasteiger partial charge in [-0.25, -0.2) is 4.39 Å². The van der Waals surface area contributed by atoms with Crippen molar-refractivity contribution in [2.75, 3.05) is 12.9 Å². The van der Waals surface area contributed by atoms with Crippen LogP contribution in [0, 0.1) is 5.82 Å². The fourth-order valence-corrected chi connectivity index (χ4v) is 3.87. The van der Waals surface area contributed by atoms with Crippen LogP contribution in [0.25, 0.3) is 0 Å². The fourth-order valence-electron chi connectivity index (χ4n) is 3.02. The Morgan fingerprint density at radius 1 is 1.25 bits per heavy atom. The number of nitrogens with zero attached hydrogens (tertiary/aromatic N) is 3. The number of nitrogens with one attached hydrogen (secondary N) is 1. The van der Waals surface area contributed by atoms with E-state index in [0.29, 0.717) is 28.8 Å². The van der Waals surface area contributed by atoms with Crippen LogP contribution in [-0.2, 0) is 6.54 Å². The van der Waals surface area contributed by atoms with E-state index in [-0.39, 0.29) is 17.1 Å². The van der Waals surface area contributed by atoms with Crippen LogP contribution in [0.4, 0.5) is 4.39 Å². The lowest BCUT2D eigenvalue weighted by atomic mass is 10.1. The zero-order chi connectivity index (χ0) is 23.1. The Labute approximate surface area is 189 Å². The number of hydrogen-bond acceptors (Lipinski definition) is 6. The predicted octanol–water partition coefficient (Wildman–Crippen LogP) is 4.08. The Bertz CT molecular complexity index is 1130. The van der Waals surface area contributed by atoms with Crippen LogP contribution in [0.1, 0.15) is 39.5 Å². The van der Waals surface area contributed by atoms with E-state index in [9.17, 15) is 14.0 Å². The van der Waals surface area contributed by atoms with Crippen molar-refractivity contribution in [2.45, 2.75) is 24.7 Å². The number of allylic oxidation sites excluding steroid dienone is 1. The minimum Gasteiger partial charge on any atom is -0.497 e. The summed E-state index contributed by atoms with van der Waals surface area (Å²) in [4.78, 5) is 25.0. The summed E-state index contributed by atoms with van der Waals surface area (Å²) in [6.45, 7) is 5.88. The molecule has 0 aliphatic heterocycles. The predicted molar refractivity (Wildman–Crippen MR) is 121 cm³/mol.